The van der Waals surface area contributed by atoms with E-state index in [4.69, 9.17) is 69.6 Å². The Balaban J connectivity index is 0.000000202. The highest BCUT2D eigenvalue weighted by molar-refractivity contribution is 6.67. The molecule has 0 unspecified atom stereocenters. The topological polar surface area (TPSA) is 0 Å². The Morgan fingerprint density at radius 3 is 1.24 bits per heavy atom. The Morgan fingerprint density at radius 1 is 0.765 bits per heavy atom. The van der Waals surface area contributed by atoms with Crippen molar-refractivity contribution >= 4 is 69.6 Å². The molecule has 0 aromatic carbocycles. The normalized spacial score (nSPS) is 22.7. The molecule has 0 heterocycles. The van der Waals surface area contributed by atoms with Gasteiger partial charge in [-0.2, -0.15) is 0 Å². The van der Waals surface area contributed by atoms with E-state index in [2.05, 4.69) is 12.2 Å². The van der Waals surface area contributed by atoms with Crippen molar-refractivity contribution in [2.24, 2.45) is 0 Å². The average Bonchev–Trinajstić information content (AvgIpc) is 2.48. The second kappa shape index (κ2) is 6.93. The summed E-state index contributed by atoms with van der Waals surface area (Å²) in [5, 5.41) is 0.279. The maximum atomic E-state index is 5.68. The molecule has 0 spiro atoms. The van der Waals surface area contributed by atoms with Gasteiger partial charge in [0.05, 0.1) is 20.1 Å². The lowest BCUT2D eigenvalue weighted by atomic mass is 10.1. The van der Waals surface area contributed by atoms with Crippen LogP contribution in [-0.2, 0) is 0 Å². The first kappa shape index (κ1) is 16.0. The number of alkyl halides is 2. The van der Waals surface area contributed by atoms with Crippen molar-refractivity contribution in [3.63, 3.8) is 0 Å². The molecule has 96 valence electrons. The quantitative estimate of drug-likeness (QED) is 0.336. The second-order valence-corrected chi connectivity index (χ2v) is 6.43. The summed E-state index contributed by atoms with van der Waals surface area (Å²) >= 11 is 33.8. The van der Waals surface area contributed by atoms with Gasteiger partial charge in [0.15, 0.2) is 4.33 Å². The van der Waals surface area contributed by atoms with Gasteiger partial charge in [-0.1, -0.05) is 81.8 Å². The number of hydrogen-bond donors (Lipinski definition) is 0. The molecule has 0 fully saturated rings. The Morgan fingerprint density at radius 2 is 1.12 bits per heavy atom. The van der Waals surface area contributed by atoms with E-state index in [0.29, 0.717) is 0 Å². The second-order valence-electron chi connectivity index (χ2n) is 3.59. The molecule has 0 nitrogen and oxygen atoms in total. The van der Waals surface area contributed by atoms with Crippen LogP contribution in [-0.4, -0.2) is 4.33 Å². The molecule has 0 aromatic heterocycles. The van der Waals surface area contributed by atoms with Crippen molar-refractivity contribution in [1.29, 1.82) is 0 Å². The minimum Gasteiger partial charge on any atom is -0.0888 e. The molecule has 0 saturated heterocycles. The molecule has 2 aliphatic carbocycles. The lowest BCUT2D eigenvalue weighted by Gasteiger charge is -2.11. The molecule has 2 aliphatic rings. The van der Waals surface area contributed by atoms with Crippen molar-refractivity contribution in [1.82, 2.24) is 0 Å². The molecule has 6 heteroatoms. The molecule has 0 aliphatic heterocycles. The van der Waals surface area contributed by atoms with Gasteiger partial charge in [-0.05, 0) is 25.7 Å². The van der Waals surface area contributed by atoms with E-state index >= 15 is 0 Å². The van der Waals surface area contributed by atoms with Crippen molar-refractivity contribution in [3.05, 3.63) is 32.3 Å². The summed E-state index contributed by atoms with van der Waals surface area (Å²) in [6.45, 7) is 0. The summed E-state index contributed by atoms with van der Waals surface area (Å²) in [5.41, 5.74) is 0. The van der Waals surface area contributed by atoms with E-state index in [1.165, 1.54) is 25.7 Å². The maximum absolute atomic E-state index is 5.68. The minimum atomic E-state index is -1.47. The molecular weight excluding hydrogens is 345 g/mol. The van der Waals surface area contributed by atoms with Crippen LogP contribution < -0.4 is 0 Å². The monoisotopic (exact) mass is 352 g/mol. The summed E-state index contributed by atoms with van der Waals surface area (Å²) in [5.74, 6) is 0. The molecule has 0 radical (unpaired) electrons. The van der Waals surface area contributed by atoms with Crippen LogP contribution in [0.3, 0.4) is 0 Å². The van der Waals surface area contributed by atoms with Crippen molar-refractivity contribution in [3.8, 4) is 0 Å². The zero-order valence-corrected chi connectivity index (χ0v) is 13.3. The third-order valence-electron chi connectivity index (χ3n) is 2.29. The molecule has 0 aromatic rings. The van der Waals surface area contributed by atoms with E-state index in [9.17, 15) is 0 Å². The lowest BCUT2D eigenvalue weighted by molar-refractivity contribution is 0.730. The highest BCUT2D eigenvalue weighted by Gasteiger charge is 2.42. The fraction of sp³-hybridized carbons (Fsp3) is 0.455. The summed E-state index contributed by atoms with van der Waals surface area (Å²) in [6.07, 6.45) is 10.0. The van der Waals surface area contributed by atoms with Gasteiger partial charge in [-0.3, -0.25) is 0 Å². The Bertz CT molecular complexity index is 343. The fourth-order valence-electron chi connectivity index (χ4n) is 1.32. The van der Waals surface area contributed by atoms with Crippen LogP contribution in [0.1, 0.15) is 25.7 Å². The SMILES string of the molecule is C1=CCCCC1.ClC1=C(Cl)C(Cl)(Cl)C(Cl)=C1Cl. The first-order valence-corrected chi connectivity index (χ1v) is 7.30. The van der Waals surface area contributed by atoms with E-state index in [1.807, 2.05) is 0 Å². The predicted molar refractivity (Wildman–Crippen MR) is 79.5 cm³/mol. The summed E-state index contributed by atoms with van der Waals surface area (Å²) in [6, 6.07) is 0. The highest BCUT2D eigenvalue weighted by Crippen LogP contribution is 2.53. The largest absolute Gasteiger partial charge is 0.191 e. The van der Waals surface area contributed by atoms with Crippen LogP contribution in [0.2, 0.25) is 0 Å². The third kappa shape index (κ3) is 3.96. The van der Waals surface area contributed by atoms with Crippen molar-refractivity contribution in [2.75, 3.05) is 0 Å². The van der Waals surface area contributed by atoms with Crippen LogP contribution >= 0.6 is 69.6 Å². The van der Waals surface area contributed by atoms with Gasteiger partial charge in [0.2, 0.25) is 0 Å². The van der Waals surface area contributed by atoms with Crippen LogP contribution in [0.15, 0.2) is 32.3 Å². The van der Waals surface area contributed by atoms with E-state index in [-0.39, 0.29) is 20.1 Å². The fourth-order valence-corrected chi connectivity index (χ4v) is 2.89. The minimum absolute atomic E-state index is 0.0394. The Labute approximate surface area is 131 Å². The Hall–Kier alpha value is 0.960. The predicted octanol–water partition coefficient (Wildman–Crippen LogP) is 6.67. The first-order valence-electron chi connectivity index (χ1n) is 5.03. The zero-order valence-electron chi connectivity index (χ0n) is 8.75. The van der Waals surface area contributed by atoms with Gasteiger partial charge in [-0.15, -0.1) is 0 Å². The zero-order chi connectivity index (χ0) is 13.1. The van der Waals surface area contributed by atoms with E-state index < -0.39 is 4.33 Å². The number of rotatable bonds is 0. The molecule has 0 atom stereocenters. The smallest absolute Gasteiger partial charge is 0.0888 e. The molecule has 0 saturated carbocycles. The standard InChI is InChI=1S/C6H10.C5Cl6/c1-2-4-6-5-3-1;6-1-2(7)4(9)5(10,11)3(1)8/h1-2H,3-6H2;. The number of allylic oxidation sites excluding steroid dienone is 6. The van der Waals surface area contributed by atoms with Crippen LogP contribution in [0, 0.1) is 0 Å². The molecule has 0 bridgehead atoms. The molecule has 17 heavy (non-hydrogen) atoms. The van der Waals surface area contributed by atoms with E-state index in [1.54, 1.807) is 0 Å². The van der Waals surface area contributed by atoms with Gasteiger partial charge in [0.25, 0.3) is 0 Å². The van der Waals surface area contributed by atoms with E-state index in [0.717, 1.165) is 0 Å². The van der Waals surface area contributed by atoms with Crippen LogP contribution in [0.5, 0.6) is 0 Å². The third-order valence-corrected chi connectivity index (χ3v) is 5.42. The van der Waals surface area contributed by atoms with Crippen molar-refractivity contribution < 1.29 is 0 Å². The molecule has 0 N–H and O–H groups in total. The average molecular weight is 355 g/mol. The van der Waals surface area contributed by atoms with Crippen molar-refractivity contribution in [2.45, 2.75) is 30.0 Å². The lowest BCUT2D eigenvalue weighted by Crippen LogP contribution is -2.09. The van der Waals surface area contributed by atoms with Gasteiger partial charge >= 0.3 is 0 Å². The van der Waals surface area contributed by atoms with Gasteiger partial charge < -0.3 is 0 Å². The summed E-state index contributed by atoms with van der Waals surface area (Å²) < 4.78 is -1.47. The molecule has 0 amide bonds. The van der Waals surface area contributed by atoms with Crippen LogP contribution in [0.25, 0.3) is 0 Å². The molecular formula is C11H10Cl6. The van der Waals surface area contributed by atoms with Gasteiger partial charge in [0, 0.05) is 0 Å². The summed E-state index contributed by atoms with van der Waals surface area (Å²) in [4.78, 5) is 0. The first-order chi connectivity index (χ1) is 7.89. The number of hydrogen-bond acceptors (Lipinski definition) is 0. The Kier molecular flexibility index (Phi) is 6.53. The highest BCUT2D eigenvalue weighted by atomic mass is 35.5. The van der Waals surface area contributed by atoms with Gasteiger partial charge in [0.1, 0.15) is 0 Å². The molecule has 2 rings (SSSR count). The number of halogens is 6. The van der Waals surface area contributed by atoms with Gasteiger partial charge in [-0.25, -0.2) is 0 Å². The maximum Gasteiger partial charge on any atom is 0.191 e. The summed E-state index contributed by atoms with van der Waals surface area (Å²) in [7, 11) is 0. The van der Waals surface area contributed by atoms with Crippen LogP contribution in [0.4, 0.5) is 0 Å².